The molecule has 2 aromatic heterocycles. The van der Waals surface area contributed by atoms with Crippen LogP contribution in [0.5, 0.6) is 0 Å². The summed E-state index contributed by atoms with van der Waals surface area (Å²) in [7, 11) is 0. The SMILES string of the molecule is C1=C(c2ccc3c(c2)sc2ccccc23)CNC=C1n1c2ccccc2c2cc3c(cc21)Sc1ccccc1-c1ccccc1-3. The van der Waals surface area contributed by atoms with Crippen LogP contribution in [-0.2, 0) is 0 Å². The summed E-state index contributed by atoms with van der Waals surface area (Å²) in [6.07, 6.45) is 4.55. The highest BCUT2D eigenvalue weighted by Crippen LogP contribution is 2.50. The second-order valence-electron chi connectivity index (χ2n) is 11.8. The van der Waals surface area contributed by atoms with E-state index in [-0.39, 0.29) is 0 Å². The summed E-state index contributed by atoms with van der Waals surface area (Å²) >= 11 is 3.75. The number of nitrogens with one attached hydrogen (secondary N) is 1. The average molecular weight is 611 g/mol. The number of hydrogen-bond acceptors (Lipinski definition) is 3. The van der Waals surface area contributed by atoms with Gasteiger partial charge in [-0.15, -0.1) is 11.3 Å². The highest BCUT2D eigenvalue weighted by atomic mass is 32.2. The Hall–Kier alpha value is -5.03. The van der Waals surface area contributed by atoms with Crippen molar-refractivity contribution < 1.29 is 0 Å². The first-order valence-corrected chi connectivity index (χ1v) is 16.9. The zero-order valence-corrected chi connectivity index (χ0v) is 25.9. The molecule has 2 nitrogen and oxygen atoms in total. The maximum absolute atomic E-state index is 3.62. The van der Waals surface area contributed by atoms with Crippen molar-refractivity contribution in [3.05, 3.63) is 145 Å². The molecule has 0 spiro atoms. The van der Waals surface area contributed by atoms with E-state index in [0.29, 0.717) is 0 Å². The molecule has 4 heteroatoms. The fourth-order valence-electron chi connectivity index (χ4n) is 7.20. The fourth-order valence-corrected chi connectivity index (χ4v) is 9.46. The minimum absolute atomic E-state index is 0.801. The summed E-state index contributed by atoms with van der Waals surface area (Å²) in [5.74, 6) is 0. The monoisotopic (exact) mass is 610 g/mol. The van der Waals surface area contributed by atoms with Gasteiger partial charge in [-0.3, -0.25) is 0 Å². The summed E-state index contributed by atoms with van der Waals surface area (Å²) in [5, 5.41) is 8.85. The standard InChI is InChI=1S/C41H26N2S2/c1-2-10-29-28(9-1)31-12-4-7-15-38(31)45-41-22-37-34(21-35(29)41)30-11-3-6-14-36(30)43(37)27-19-26(23-42-24-27)25-17-18-33-32-13-5-8-16-39(32)44-40(33)20-25/h1-22,24,42H,23H2. The number of dihydropyridines is 1. The molecule has 0 amide bonds. The highest BCUT2D eigenvalue weighted by Gasteiger charge is 2.23. The Balaban J connectivity index is 1.17. The van der Waals surface area contributed by atoms with Gasteiger partial charge in [-0.1, -0.05) is 103 Å². The lowest BCUT2D eigenvalue weighted by Gasteiger charge is -2.19. The third-order valence-corrected chi connectivity index (χ3v) is 11.5. The Bertz CT molecular complexity index is 2580. The molecule has 0 aliphatic carbocycles. The predicted octanol–water partition coefficient (Wildman–Crippen LogP) is 11.4. The van der Waals surface area contributed by atoms with Crippen LogP contribution in [0.4, 0.5) is 0 Å². The molecule has 2 aliphatic rings. The van der Waals surface area contributed by atoms with E-state index in [0.717, 1.165) is 12.2 Å². The van der Waals surface area contributed by atoms with Gasteiger partial charge >= 0.3 is 0 Å². The van der Waals surface area contributed by atoms with E-state index in [1.54, 1.807) is 0 Å². The van der Waals surface area contributed by atoms with Gasteiger partial charge in [0.15, 0.2) is 0 Å². The lowest BCUT2D eigenvalue weighted by Crippen LogP contribution is -2.16. The summed E-state index contributed by atoms with van der Waals surface area (Å²) in [5.41, 5.74) is 11.3. The molecule has 2 aliphatic heterocycles. The molecule has 10 rings (SSSR count). The molecule has 0 saturated carbocycles. The average Bonchev–Trinajstić information content (AvgIpc) is 3.58. The first-order valence-electron chi connectivity index (χ1n) is 15.3. The van der Waals surface area contributed by atoms with Crippen molar-refractivity contribution in [3.63, 3.8) is 0 Å². The van der Waals surface area contributed by atoms with E-state index >= 15 is 0 Å². The van der Waals surface area contributed by atoms with Crippen LogP contribution in [0, 0.1) is 0 Å². The van der Waals surface area contributed by atoms with E-state index in [1.165, 1.54) is 85.2 Å². The normalized spacial score (nSPS) is 14.0. The van der Waals surface area contributed by atoms with Crippen LogP contribution in [0.3, 0.4) is 0 Å². The highest BCUT2D eigenvalue weighted by molar-refractivity contribution is 7.99. The number of hydrogen-bond donors (Lipinski definition) is 1. The first-order chi connectivity index (χ1) is 22.3. The van der Waals surface area contributed by atoms with Crippen molar-refractivity contribution in [1.82, 2.24) is 9.88 Å². The first kappa shape index (κ1) is 25.3. The molecule has 0 atom stereocenters. The minimum Gasteiger partial charge on any atom is -0.385 e. The number of para-hydroxylation sites is 1. The van der Waals surface area contributed by atoms with Crippen molar-refractivity contribution in [3.8, 4) is 22.3 Å². The maximum atomic E-state index is 3.62. The summed E-state index contributed by atoms with van der Waals surface area (Å²) in [6.45, 7) is 0.801. The zero-order valence-electron chi connectivity index (χ0n) is 24.2. The fraction of sp³-hybridized carbons (Fsp3) is 0.0244. The summed E-state index contributed by atoms with van der Waals surface area (Å²) in [4.78, 5) is 2.58. The summed E-state index contributed by atoms with van der Waals surface area (Å²) in [6, 6.07) is 47.0. The maximum Gasteiger partial charge on any atom is 0.0622 e. The second kappa shape index (κ2) is 9.73. The van der Waals surface area contributed by atoms with Crippen LogP contribution in [0.15, 0.2) is 149 Å². The van der Waals surface area contributed by atoms with Crippen LogP contribution in [0.1, 0.15) is 5.56 Å². The number of nitrogens with zero attached hydrogens (tertiary/aromatic N) is 1. The largest absolute Gasteiger partial charge is 0.385 e. The van der Waals surface area contributed by atoms with Gasteiger partial charge in [-0.25, -0.2) is 0 Å². The van der Waals surface area contributed by atoms with Gasteiger partial charge in [0.2, 0.25) is 0 Å². The Morgan fingerprint density at radius 1 is 0.533 bits per heavy atom. The van der Waals surface area contributed by atoms with Crippen LogP contribution >= 0.6 is 23.1 Å². The molecule has 0 unspecified atom stereocenters. The molecule has 0 bridgehead atoms. The molecule has 0 saturated heterocycles. The smallest absolute Gasteiger partial charge is 0.0622 e. The van der Waals surface area contributed by atoms with Crippen LogP contribution in [0.2, 0.25) is 0 Å². The van der Waals surface area contributed by atoms with Crippen molar-refractivity contribution in [2.45, 2.75) is 9.79 Å². The molecule has 212 valence electrons. The molecule has 8 aromatic rings. The van der Waals surface area contributed by atoms with Crippen molar-refractivity contribution >= 4 is 76.3 Å². The summed E-state index contributed by atoms with van der Waals surface area (Å²) < 4.78 is 5.12. The van der Waals surface area contributed by atoms with Crippen molar-refractivity contribution in [1.29, 1.82) is 0 Å². The van der Waals surface area contributed by atoms with Gasteiger partial charge in [0.25, 0.3) is 0 Å². The lowest BCUT2D eigenvalue weighted by atomic mass is 9.94. The molecule has 4 heterocycles. The quantitative estimate of drug-likeness (QED) is 0.210. The van der Waals surface area contributed by atoms with Gasteiger partial charge in [-0.05, 0) is 75.9 Å². The molecular weight excluding hydrogens is 585 g/mol. The molecule has 45 heavy (non-hydrogen) atoms. The molecule has 0 radical (unpaired) electrons. The molecule has 1 N–H and O–H groups in total. The zero-order chi connectivity index (χ0) is 29.5. The van der Waals surface area contributed by atoms with Crippen molar-refractivity contribution in [2.24, 2.45) is 0 Å². The Labute approximate surface area is 268 Å². The minimum atomic E-state index is 0.801. The molecule has 0 fully saturated rings. The Morgan fingerprint density at radius 2 is 1.27 bits per heavy atom. The van der Waals surface area contributed by atoms with Gasteiger partial charge < -0.3 is 9.88 Å². The van der Waals surface area contributed by atoms with E-state index in [4.69, 9.17) is 0 Å². The van der Waals surface area contributed by atoms with Gasteiger partial charge in [0.1, 0.15) is 0 Å². The van der Waals surface area contributed by atoms with Gasteiger partial charge in [0.05, 0.1) is 16.7 Å². The van der Waals surface area contributed by atoms with Crippen LogP contribution < -0.4 is 5.32 Å². The number of rotatable bonds is 2. The van der Waals surface area contributed by atoms with Crippen molar-refractivity contribution in [2.75, 3.05) is 6.54 Å². The lowest BCUT2D eigenvalue weighted by molar-refractivity contribution is 0.974. The Morgan fingerprint density at radius 3 is 2.18 bits per heavy atom. The van der Waals surface area contributed by atoms with Crippen LogP contribution in [0.25, 0.3) is 75.5 Å². The van der Waals surface area contributed by atoms with Gasteiger partial charge in [0, 0.05) is 53.5 Å². The molecular formula is C41H26N2S2. The third-order valence-electron chi connectivity index (χ3n) is 9.26. The number of thiophene rings is 1. The van der Waals surface area contributed by atoms with E-state index in [9.17, 15) is 0 Å². The van der Waals surface area contributed by atoms with E-state index in [1.807, 2.05) is 23.1 Å². The van der Waals surface area contributed by atoms with E-state index in [2.05, 4.69) is 150 Å². The predicted molar refractivity (Wildman–Crippen MR) is 194 cm³/mol. The van der Waals surface area contributed by atoms with Gasteiger partial charge in [-0.2, -0.15) is 0 Å². The number of allylic oxidation sites excluding steroid dienone is 2. The Kier molecular flexibility index (Phi) is 5.48. The number of aromatic nitrogens is 1. The molecule has 6 aromatic carbocycles. The topological polar surface area (TPSA) is 17.0 Å². The second-order valence-corrected chi connectivity index (χ2v) is 14.0. The number of fused-ring (bicyclic) bond motifs is 11. The van der Waals surface area contributed by atoms with Crippen LogP contribution in [-0.4, -0.2) is 11.1 Å². The van der Waals surface area contributed by atoms with E-state index < -0.39 is 0 Å². The number of benzene rings is 6. The third kappa shape index (κ3) is 3.83.